The van der Waals surface area contributed by atoms with E-state index in [1.54, 1.807) is 22.8 Å². The number of nitrogens with zero attached hydrogens (tertiary/aromatic N) is 2. The van der Waals surface area contributed by atoms with Crippen molar-refractivity contribution in [2.24, 2.45) is 0 Å². The molecule has 1 aliphatic heterocycles. The molecule has 0 atom stereocenters. The third kappa shape index (κ3) is 3.25. The van der Waals surface area contributed by atoms with Gasteiger partial charge >= 0.3 is 0 Å². The lowest BCUT2D eigenvalue weighted by Gasteiger charge is -2.23. The highest BCUT2D eigenvalue weighted by molar-refractivity contribution is 6.34. The summed E-state index contributed by atoms with van der Waals surface area (Å²) >= 11 is 6.13. The Balaban J connectivity index is 1.65. The van der Waals surface area contributed by atoms with Gasteiger partial charge in [-0.2, -0.15) is 5.10 Å². The molecule has 0 unspecified atom stereocenters. The van der Waals surface area contributed by atoms with Gasteiger partial charge < -0.3 is 10.6 Å². The number of anilines is 1. The Labute approximate surface area is 151 Å². The first-order valence-corrected chi connectivity index (χ1v) is 8.84. The van der Waals surface area contributed by atoms with Gasteiger partial charge in [-0.3, -0.25) is 4.79 Å². The SMILES string of the molecule is O=C(Nc1ccccc1Cl)c1cnn2ccc(C3CCNCC3)cc12. The standard InChI is InChI=1S/C19H19ClN4O/c20-16-3-1-2-4-17(16)23-19(25)15-12-22-24-10-7-14(11-18(15)24)13-5-8-21-9-6-13/h1-4,7,10-13,21H,5-6,8-9H2,(H,23,25). The zero-order valence-corrected chi connectivity index (χ0v) is 14.5. The molecule has 6 heteroatoms. The summed E-state index contributed by atoms with van der Waals surface area (Å²) in [5.41, 5.74) is 3.24. The second-order valence-electron chi connectivity index (χ2n) is 6.31. The van der Waals surface area contributed by atoms with Gasteiger partial charge in [-0.15, -0.1) is 0 Å². The van der Waals surface area contributed by atoms with Crippen molar-refractivity contribution in [2.45, 2.75) is 18.8 Å². The van der Waals surface area contributed by atoms with E-state index in [1.807, 2.05) is 18.3 Å². The third-order valence-electron chi connectivity index (χ3n) is 4.72. The Morgan fingerprint density at radius 1 is 1.24 bits per heavy atom. The number of amides is 1. The number of piperidine rings is 1. The van der Waals surface area contributed by atoms with Gasteiger partial charge in [0.1, 0.15) is 0 Å². The van der Waals surface area contributed by atoms with Crippen LogP contribution in [-0.4, -0.2) is 28.6 Å². The molecule has 3 aromatic rings. The molecule has 1 amide bonds. The van der Waals surface area contributed by atoms with Crippen molar-refractivity contribution in [1.82, 2.24) is 14.9 Å². The zero-order valence-electron chi connectivity index (χ0n) is 13.7. The molecule has 5 nitrogen and oxygen atoms in total. The van der Waals surface area contributed by atoms with Crippen molar-refractivity contribution >= 4 is 28.7 Å². The number of para-hydroxylation sites is 1. The second kappa shape index (κ2) is 6.86. The Kier molecular flexibility index (Phi) is 4.42. The Morgan fingerprint density at radius 2 is 2.04 bits per heavy atom. The number of rotatable bonds is 3. The van der Waals surface area contributed by atoms with Gasteiger partial charge in [-0.1, -0.05) is 23.7 Å². The Bertz CT molecular complexity index is 915. The number of benzene rings is 1. The molecular weight excluding hydrogens is 336 g/mol. The molecular formula is C19H19ClN4O. The molecule has 0 saturated carbocycles. The van der Waals surface area contributed by atoms with E-state index in [-0.39, 0.29) is 5.91 Å². The predicted octanol–water partition coefficient (Wildman–Crippen LogP) is 3.71. The molecule has 2 aromatic heterocycles. The molecule has 3 heterocycles. The highest BCUT2D eigenvalue weighted by Gasteiger charge is 2.18. The van der Waals surface area contributed by atoms with Crippen LogP contribution in [0.4, 0.5) is 5.69 Å². The maximum atomic E-state index is 12.7. The molecule has 1 fully saturated rings. The summed E-state index contributed by atoms with van der Waals surface area (Å²) in [6, 6.07) is 11.4. The van der Waals surface area contributed by atoms with Gasteiger partial charge in [0.15, 0.2) is 0 Å². The van der Waals surface area contributed by atoms with Gasteiger partial charge in [-0.25, -0.2) is 4.52 Å². The molecule has 0 aliphatic carbocycles. The molecule has 128 valence electrons. The minimum absolute atomic E-state index is 0.203. The summed E-state index contributed by atoms with van der Waals surface area (Å²) < 4.78 is 1.74. The Morgan fingerprint density at radius 3 is 2.84 bits per heavy atom. The maximum absolute atomic E-state index is 12.7. The fraction of sp³-hybridized carbons (Fsp3) is 0.263. The fourth-order valence-corrected chi connectivity index (χ4v) is 3.52. The van der Waals surface area contributed by atoms with E-state index in [9.17, 15) is 4.79 Å². The first-order chi connectivity index (χ1) is 12.2. The number of nitrogens with one attached hydrogen (secondary N) is 2. The number of carbonyl (C=O) groups is 1. The lowest BCUT2D eigenvalue weighted by atomic mass is 9.90. The van der Waals surface area contributed by atoms with E-state index >= 15 is 0 Å². The van der Waals surface area contributed by atoms with Gasteiger partial charge in [0, 0.05) is 6.20 Å². The molecule has 0 radical (unpaired) electrons. The summed E-state index contributed by atoms with van der Waals surface area (Å²) in [4.78, 5) is 12.7. The smallest absolute Gasteiger partial charge is 0.259 e. The average Bonchev–Trinajstić information content (AvgIpc) is 3.07. The van der Waals surface area contributed by atoms with E-state index < -0.39 is 0 Å². The van der Waals surface area contributed by atoms with Crippen molar-refractivity contribution in [3.05, 3.63) is 64.9 Å². The minimum atomic E-state index is -0.203. The summed E-state index contributed by atoms with van der Waals surface area (Å²) in [7, 11) is 0. The van der Waals surface area contributed by atoms with Crippen LogP contribution in [-0.2, 0) is 0 Å². The summed E-state index contributed by atoms with van der Waals surface area (Å²) in [5.74, 6) is 0.325. The number of carbonyl (C=O) groups excluding carboxylic acids is 1. The van der Waals surface area contributed by atoms with Crippen LogP contribution in [0.5, 0.6) is 0 Å². The predicted molar refractivity (Wildman–Crippen MR) is 99.4 cm³/mol. The van der Waals surface area contributed by atoms with Crippen LogP contribution in [0.15, 0.2) is 48.8 Å². The number of aromatic nitrogens is 2. The molecule has 25 heavy (non-hydrogen) atoms. The van der Waals surface area contributed by atoms with E-state index in [2.05, 4.69) is 27.9 Å². The number of fused-ring (bicyclic) bond motifs is 1. The number of pyridine rings is 1. The van der Waals surface area contributed by atoms with Gasteiger partial charge in [-0.05, 0) is 61.7 Å². The van der Waals surface area contributed by atoms with Crippen molar-refractivity contribution in [2.75, 3.05) is 18.4 Å². The van der Waals surface area contributed by atoms with Crippen LogP contribution >= 0.6 is 11.6 Å². The van der Waals surface area contributed by atoms with Crippen molar-refractivity contribution < 1.29 is 4.79 Å². The molecule has 2 N–H and O–H groups in total. The quantitative estimate of drug-likeness (QED) is 0.753. The van der Waals surface area contributed by atoms with Gasteiger partial charge in [0.25, 0.3) is 5.91 Å². The monoisotopic (exact) mass is 354 g/mol. The van der Waals surface area contributed by atoms with Crippen molar-refractivity contribution in [3.8, 4) is 0 Å². The topological polar surface area (TPSA) is 58.4 Å². The average molecular weight is 355 g/mol. The zero-order chi connectivity index (χ0) is 17.2. The van der Waals surface area contributed by atoms with Crippen LogP contribution in [0.3, 0.4) is 0 Å². The van der Waals surface area contributed by atoms with E-state index in [0.29, 0.717) is 22.2 Å². The third-order valence-corrected chi connectivity index (χ3v) is 5.05. The van der Waals surface area contributed by atoms with Crippen LogP contribution in [0.25, 0.3) is 5.52 Å². The van der Waals surface area contributed by atoms with Crippen LogP contribution in [0.2, 0.25) is 5.02 Å². The van der Waals surface area contributed by atoms with Crippen LogP contribution < -0.4 is 10.6 Å². The van der Waals surface area contributed by atoms with E-state index in [0.717, 1.165) is 31.4 Å². The largest absolute Gasteiger partial charge is 0.321 e. The fourth-order valence-electron chi connectivity index (χ4n) is 3.33. The summed E-state index contributed by atoms with van der Waals surface area (Å²) in [6.07, 6.45) is 5.77. The Hall–Kier alpha value is -2.37. The molecule has 1 saturated heterocycles. The number of hydrogen-bond donors (Lipinski definition) is 2. The molecule has 0 bridgehead atoms. The normalized spacial score (nSPS) is 15.4. The van der Waals surface area contributed by atoms with Crippen molar-refractivity contribution in [3.63, 3.8) is 0 Å². The highest BCUT2D eigenvalue weighted by Crippen LogP contribution is 2.27. The molecule has 4 rings (SSSR count). The number of hydrogen-bond acceptors (Lipinski definition) is 3. The highest BCUT2D eigenvalue weighted by atomic mass is 35.5. The lowest BCUT2D eigenvalue weighted by molar-refractivity contribution is 0.102. The first-order valence-electron chi connectivity index (χ1n) is 8.46. The lowest BCUT2D eigenvalue weighted by Crippen LogP contribution is -2.26. The van der Waals surface area contributed by atoms with Crippen LogP contribution in [0, 0.1) is 0 Å². The van der Waals surface area contributed by atoms with Gasteiger partial charge in [0.2, 0.25) is 0 Å². The number of halogens is 1. The molecule has 0 spiro atoms. The van der Waals surface area contributed by atoms with E-state index in [4.69, 9.17) is 11.6 Å². The first kappa shape index (κ1) is 16.1. The second-order valence-corrected chi connectivity index (χ2v) is 6.71. The molecule has 1 aliphatic rings. The van der Waals surface area contributed by atoms with Gasteiger partial charge in [0.05, 0.1) is 28.0 Å². The van der Waals surface area contributed by atoms with Crippen LogP contribution in [0.1, 0.15) is 34.7 Å². The summed E-state index contributed by atoms with van der Waals surface area (Å²) in [5, 5.41) is 11.1. The van der Waals surface area contributed by atoms with E-state index in [1.165, 1.54) is 5.56 Å². The maximum Gasteiger partial charge on any atom is 0.259 e. The summed E-state index contributed by atoms with van der Waals surface area (Å²) in [6.45, 7) is 2.07. The van der Waals surface area contributed by atoms with Crippen molar-refractivity contribution in [1.29, 1.82) is 0 Å². The molecule has 1 aromatic carbocycles. The minimum Gasteiger partial charge on any atom is -0.321 e.